The molecule has 3 aromatic carbocycles. The van der Waals surface area contributed by atoms with Crippen molar-refractivity contribution in [3.8, 4) is 0 Å². The van der Waals surface area contributed by atoms with Gasteiger partial charge in [-0.2, -0.15) is 17.5 Å². The second kappa shape index (κ2) is 12.2. The van der Waals surface area contributed by atoms with E-state index in [0.717, 1.165) is 17.2 Å². The molecule has 4 rings (SSSR count). The fourth-order valence-corrected chi connectivity index (χ4v) is 6.10. The van der Waals surface area contributed by atoms with Gasteiger partial charge in [0.05, 0.1) is 22.9 Å². The lowest BCUT2D eigenvalue weighted by atomic mass is 9.80. The van der Waals surface area contributed by atoms with Crippen molar-refractivity contribution in [2.24, 2.45) is 5.92 Å². The maximum atomic E-state index is 13.5. The largest absolute Gasteiger partial charge is 0.417 e. The lowest BCUT2D eigenvalue weighted by Crippen LogP contribution is -2.54. The predicted molar refractivity (Wildman–Crippen MR) is 144 cm³/mol. The summed E-state index contributed by atoms with van der Waals surface area (Å²) < 4.78 is 71.2. The van der Waals surface area contributed by atoms with Crippen molar-refractivity contribution in [2.45, 2.75) is 37.5 Å². The van der Waals surface area contributed by atoms with E-state index in [2.05, 4.69) is 24.3 Å². The molecule has 1 atom stereocenters. The molecule has 9 heteroatoms. The summed E-state index contributed by atoms with van der Waals surface area (Å²) in [6.07, 6.45) is -1.89. The SMILES string of the molecule is CS(=O)(=O)N1CC(OCCC(Cc2cccc(C(F)(F)F)c2Cl)CC(c2ccccc2)c2ccccc2)C1. The van der Waals surface area contributed by atoms with Gasteiger partial charge in [0, 0.05) is 25.6 Å². The summed E-state index contributed by atoms with van der Waals surface area (Å²) in [5.74, 6) is 0.00360. The molecule has 1 heterocycles. The quantitative estimate of drug-likeness (QED) is 0.257. The molecular formula is C29H31ClF3NO3S. The highest BCUT2D eigenvalue weighted by molar-refractivity contribution is 7.88. The minimum Gasteiger partial charge on any atom is -0.375 e. The van der Waals surface area contributed by atoms with Crippen LogP contribution in [0.4, 0.5) is 13.2 Å². The van der Waals surface area contributed by atoms with Crippen LogP contribution in [-0.4, -0.2) is 44.8 Å². The lowest BCUT2D eigenvalue weighted by Gasteiger charge is -2.37. The average Bonchev–Trinajstić information content (AvgIpc) is 2.84. The van der Waals surface area contributed by atoms with Crippen molar-refractivity contribution in [1.82, 2.24) is 4.31 Å². The first kappa shape index (κ1) is 28.6. The number of hydrogen-bond donors (Lipinski definition) is 0. The molecule has 1 aliphatic rings. The smallest absolute Gasteiger partial charge is 0.375 e. The lowest BCUT2D eigenvalue weighted by molar-refractivity contribution is -0.137. The summed E-state index contributed by atoms with van der Waals surface area (Å²) >= 11 is 6.27. The topological polar surface area (TPSA) is 46.6 Å². The number of halogens is 4. The van der Waals surface area contributed by atoms with Crippen molar-refractivity contribution in [1.29, 1.82) is 0 Å². The van der Waals surface area contributed by atoms with Gasteiger partial charge in [-0.05, 0) is 47.9 Å². The Morgan fingerprint density at radius 1 is 0.947 bits per heavy atom. The molecule has 0 amide bonds. The third-order valence-corrected chi connectivity index (χ3v) is 8.71. The van der Waals surface area contributed by atoms with Crippen LogP contribution in [0.5, 0.6) is 0 Å². The maximum Gasteiger partial charge on any atom is 0.417 e. The molecule has 0 bridgehead atoms. The molecule has 0 aliphatic carbocycles. The molecular weight excluding hydrogens is 535 g/mol. The molecule has 0 N–H and O–H groups in total. The Hall–Kier alpha value is -2.39. The Morgan fingerprint density at radius 3 is 2.05 bits per heavy atom. The highest BCUT2D eigenvalue weighted by Gasteiger charge is 2.35. The summed E-state index contributed by atoms with van der Waals surface area (Å²) in [5, 5.41) is -0.260. The first-order chi connectivity index (χ1) is 18.0. The minimum atomic E-state index is -4.53. The van der Waals surface area contributed by atoms with Crippen LogP contribution in [0, 0.1) is 5.92 Å². The van der Waals surface area contributed by atoms with Crippen molar-refractivity contribution in [2.75, 3.05) is 26.0 Å². The van der Waals surface area contributed by atoms with Gasteiger partial charge in [0.2, 0.25) is 10.0 Å². The third kappa shape index (κ3) is 7.38. The van der Waals surface area contributed by atoms with Gasteiger partial charge < -0.3 is 4.74 Å². The van der Waals surface area contributed by atoms with E-state index < -0.39 is 21.8 Å². The third-order valence-electron chi connectivity index (χ3n) is 7.03. The molecule has 0 aromatic heterocycles. The van der Waals surface area contributed by atoms with Crippen LogP contribution in [0.15, 0.2) is 78.9 Å². The summed E-state index contributed by atoms with van der Waals surface area (Å²) in [7, 11) is -3.23. The van der Waals surface area contributed by atoms with E-state index in [9.17, 15) is 21.6 Å². The summed E-state index contributed by atoms with van der Waals surface area (Å²) in [5.41, 5.74) is 1.88. The Bertz CT molecular complexity index is 1260. The van der Waals surface area contributed by atoms with E-state index in [-0.39, 0.29) is 23.0 Å². The second-order valence-electron chi connectivity index (χ2n) is 9.82. The molecule has 0 saturated carbocycles. The zero-order valence-electron chi connectivity index (χ0n) is 21.1. The van der Waals surface area contributed by atoms with Gasteiger partial charge >= 0.3 is 6.18 Å². The molecule has 3 aromatic rings. The molecule has 38 heavy (non-hydrogen) atoms. The monoisotopic (exact) mass is 565 g/mol. The zero-order chi connectivity index (χ0) is 27.3. The number of nitrogens with zero attached hydrogens (tertiary/aromatic N) is 1. The standard InChI is InChI=1S/C29H31ClF3NO3S/c1-38(35,36)34-19-25(20-34)37-16-15-21(17-24-13-8-14-27(28(24)30)29(31,32)33)18-26(22-9-4-2-5-10-22)23-11-6-3-7-12-23/h2-14,21,25-26H,15-20H2,1H3. The second-order valence-corrected chi connectivity index (χ2v) is 12.2. The van der Waals surface area contributed by atoms with Gasteiger partial charge in [-0.15, -0.1) is 0 Å². The number of benzene rings is 3. The molecule has 0 radical (unpaired) electrons. The van der Waals surface area contributed by atoms with E-state index in [1.807, 2.05) is 36.4 Å². The van der Waals surface area contributed by atoms with E-state index >= 15 is 0 Å². The Kier molecular flexibility index (Phi) is 9.19. The Morgan fingerprint density at radius 2 is 1.53 bits per heavy atom. The van der Waals surface area contributed by atoms with Gasteiger partial charge in [0.25, 0.3) is 0 Å². The van der Waals surface area contributed by atoms with Crippen molar-refractivity contribution in [3.63, 3.8) is 0 Å². The van der Waals surface area contributed by atoms with Crippen LogP contribution in [0.2, 0.25) is 5.02 Å². The fraction of sp³-hybridized carbons (Fsp3) is 0.379. The van der Waals surface area contributed by atoms with Crippen LogP contribution in [0.3, 0.4) is 0 Å². The van der Waals surface area contributed by atoms with Gasteiger partial charge in [0.1, 0.15) is 0 Å². The van der Waals surface area contributed by atoms with Crippen LogP contribution in [0.25, 0.3) is 0 Å². The van der Waals surface area contributed by atoms with E-state index in [1.165, 1.54) is 16.6 Å². The van der Waals surface area contributed by atoms with Gasteiger partial charge in [0.15, 0.2) is 0 Å². The van der Waals surface area contributed by atoms with Gasteiger partial charge in [-0.1, -0.05) is 84.4 Å². The molecule has 1 unspecified atom stereocenters. The Labute approximate surface area is 227 Å². The van der Waals surface area contributed by atoms with Gasteiger partial charge in [-0.3, -0.25) is 0 Å². The van der Waals surface area contributed by atoms with E-state index in [4.69, 9.17) is 16.3 Å². The van der Waals surface area contributed by atoms with E-state index in [1.54, 1.807) is 6.07 Å². The number of hydrogen-bond acceptors (Lipinski definition) is 3. The van der Waals surface area contributed by atoms with Crippen LogP contribution in [0.1, 0.15) is 41.0 Å². The predicted octanol–water partition coefficient (Wildman–Crippen LogP) is 6.79. The maximum absolute atomic E-state index is 13.5. The molecule has 204 valence electrons. The molecule has 0 spiro atoms. The normalized spacial score (nSPS) is 15.9. The highest BCUT2D eigenvalue weighted by atomic mass is 35.5. The van der Waals surface area contributed by atoms with Crippen LogP contribution >= 0.6 is 11.6 Å². The highest BCUT2D eigenvalue weighted by Crippen LogP contribution is 2.39. The molecule has 1 saturated heterocycles. The molecule has 1 aliphatic heterocycles. The van der Waals surface area contributed by atoms with Crippen LogP contribution < -0.4 is 0 Å². The fourth-order valence-electron chi connectivity index (χ4n) is 4.92. The molecule has 1 fully saturated rings. The first-order valence-corrected chi connectivity index (χ1v) is 14.8. The van der Waals surface area contributed by atoms with Crippen molar-refractivity contribution >= 4 is 21.6 Å². The van der Waals surface area contributed by atoms with Gasteiger partial charge in [-0.25, -0.2) is 8.42 Å². The number of ether oxygens (including phenoxy) is 1. The number of alkyl halides is 3. The van der Waals surface area contributed by atoms with E-state index in [0.29, 0.717) is 44.5 Å². The molecule has 4 nitrogen and oxygen atoms in total. The number of rotatable bonds is 11. The zero-order valence-corrected chi connectivity index (χ0v) is 22.6. The van der Waals surface area contributed by atoms with Crippen molar-refractivity contribution < 1.29 is 26.3 Å². The average molecular weight is 566 g/mol. The van der Waals surface area contributed by atoms with Crippen molar-refractivity contribution in [3.05, 3.63) is 106 Å². The number of sulfonamides is 1. The summed E-state index contributed by atoms with van der Waals surface area (Å²) in [6, 6.07) is 24.2. The summed E-state index contributed by atoms with van der Waals surface area (Å²) in [4.78, 5) is 0. The van der Waals surface area contributed by atoms with Crippen LogP contribution in [-0.2, 0) is 27.4 Å². The summed E-state index contributed by atoms with van der Waals surface area (Å²) in [6.45, 7) is 1.01. The minimum absolute atomic E-state index is 0.0347. The first-order valence-electron chi connectivity index (χ1n) is 12.5. The Balaban J connectivity index is 1.55.